The molecule has 0 aromatic rings. The van der Waals surface area contributed by atoms with E-state index in [0.717, 1.165) is 6.42 Å². The molecule has 1 aliphatic heterocycles. The first kappa shape index (κ1) is 7.98. The maximum atomic E-state index is 9.25. The van der Waals surface area contributed by atoms with Gasteiger partial charge in [-0.2, -0.15) is 0 Å². The summed E-state index contributed by atoms with van der Waals surface area (Å²) in [6.45, 7) is 2.60. The Morgan fingerprint density at radius 3 is 2.80 bits per heavy atom. The van der Waals surface area contributed by atoms with Gasteiger partial charge in [0, 0.05) is 6.61 Å². The SMILES string of the molecule is CC1CO[C@H](CO)[C@H](O)C1. The predicted molar refractivity (Wildman–Crippen MR) is 36.6 cm³/mol. The average molecular weight is 146 g/mol. The van der Waals surface area contributed by atoms with Crippen molar-refractivity contribution >= 4 is 0 Å². The molecular formula is C7H14O3. The second-order valence-electron chi connectivity index (χ2n) is 2.96. The zero-order valence-corrected chi connectivity index (χ0v) is 6.16. The Hall–Kier alpha value is -0.120. The van der Waals surface area contributed by atoms with Crippen LogP contribution in [0, 0.1) is 5.92 Å². The summed E-state index contributed by atoms with van der Waals surface area (Å²) in [7, 11) is 0. The Morgan fingerprint density at radius 2 is 2.30 bits per heavy atom. The van der Waals surface area contributed by atoms with Crippen LogP contribution in [-0.2, 0) is 4.74 Å². The van der Waals surface area contributed by atoms with Crippen LogP contribution in [0.4, 0.5) is 0 Å². The highest BCUT2D eigenvalue weighted by Crippen LogP contribution is 2.18. The molecule has 0 aromatic carbocycles. The molecule has 3 heteroatoms. The van der Waals surface area contributed by atoms with Crippen molar-refractivity contribution in [3.8, 4) is 0 Å². The lowest BCUT2D eigenvalue weighted by Gasteiger charge is -2.30. The molecule has 1 aliphatic rings. The summed E-state index contributed by atoms with van der Waals surface area (Å²) in [6, 6.07) is 0. The van der Waals surface area contributed by atoms with Gasteiger partial charge in [-0.15, -0.1) is 0 Å². The second-order valence-corrected chi connectivity index (χ2v) is 2.96. The first-order valence-electron chi connectivity index (χ1n) is 3.64. The van der Waals surface area contributed by atoms with Crippen LogP contribution in [0.2, 0.25) is 0 Å². The van der Waals surface area contributed by atoms with E-state index in [1.54, 1.807) is 0 Å². The van der Waals surface area contributed by atoms with Gasteiger partial charge < -0.3 is 14.9 Å². The molecule has 1 saturated heterocycles. The fraction of sp³-hybridized carbons (Fsp3) is 1.00. The van der Waals surface area contributed by atoms with Crippen LogP contribution in [0.5, 0.6) is 0 Å². The molecule has 0 bridgehead atoms. The highest BCUT2D eigenvalue weighted by atomic mass is 16.5. The topological polar surface area (TPSA) is 49.7 Å². The van der Waals surface area contributed by atoms with Gasteiger partial charge in [0.05, 0.1) is 12.7 Å². The summed E-state index contributed by atoms with van der Waals surface area (Å²) in [4.78, 5) is 0. The van der Waals surface area contributed by atoms with Gasteiger partial charge in [-0.25, -0.2) is 0 Å². The Kier molecular flexibility index (Phi) is 2.65. The van der Waals surface area contributed by atoms with Crippen molar-refractivity contribution in [2.24, 2.45) is 5.92 Å². The molecule has 0 aromatic heterocycles. The molecule has 10 heavy (non-hydrogen) atoms. The first-order valence-corrected chi connectivity index (χ1v) is 3.64. The minimum absolute atomic E-state index is 0.0755. The molecule has 3 atom stereocenters. The Bertz CT molecular complexity index is 105. The number of hydrogen-bond donors (Lipinski definition) is 2. The highest BCUT2D eigenvalue weighted by Gasteiger charge is 2.26. The standard InChI is InChI=1S/C7H14O3/c1-5-2-6(9)7(3-8)10-4-5/h5-9H,2-4H2,1H3/t5?,6-,7-/m1/s1. The summed E-state index contributed by atoms with van der Waals surface area (Å²) in [5.74, 6) is 0.415. The molecule has 3 nitrogen and oxygen atoms in total. The number of rotatable bonds is 1. The molecule has 1 unspecified atom stereocenters. The summed E-state index contributed by atoms with van der Waals surface area (Å²) in [5, 5.41) is 17.9. The summed E-state index contributed by atoms with van der Waals surface area (Å²) >= 11 is 0. The molecular weight excluding hydrogens is 132 g/mol. The smallest absolute Gasteiger partial charge is 0.106 e. The van der Waals surface area contributed by atoms with Gasteiger partial charge >= 0.3 is 0 Å². The molecule has 2 N–H and O–H groups in total. The molecule has 0 aliphatic carbocycles. The maximum absolute atomic E-state index is 9.25. The van der Waals surface area contributed by atoms with E-state index < -0.39 is 6.10 Å². The van der Waals surface area contributed by atoms with Crippen LogP contribution in [0.3, 0.4) is 0 Å². The summed E-state index contributed by atoms with van der Waals surface area (Å²) in [6.07, 6.45) is -0.0875. The lowest BCUT2D eigenvalue weighted by Crippen LogP contribution is -2.39. The Balaban J connectivity index is 2.36. The second kappa shape index (κ2) is 3.32. The Morgan fingerprint density at radius 1 is 1.60 bits per heavy atom. The van der Waals surface area contributed by atoms with Crippen LogP contribution in [-0.4, -0.2) is 35.6 Å². The fourth-order valence-electron chi connectivity index (χ4n) is 1.21. The summed E-state index contributed by atoms with van der Waals surface area (Å²) < 4.78 is 5.15. The molecule has 1 heterocycles. The van der Waals surface area contributed by atoms with E-state index >= 15 is 0 Å². The average Bonchev–Trinajstić information content (AvgIpc) is 1.88. The Labute approximate surface area is 60.6 Å². The van der Waals surface area contributed by atoms with E-state index in [9.17, 15) is 5.11 Å². The van der Waals surface area contributed by atoms with Gasteiger partial charge in [0.2, 0.25) is 0 Å². The fourth-order valence-corrected chi connectivity index (χ4v) is 1.21. The van der Waals surface area contributed by atoms with Gasteiger partial charge in [-0.3, -0.25) is 0 Å². The number of hydrogen-bond acceptors (Lipinski definition) is 3. The normalized spacial score (nSPS) is 41.7. The van der Waals surface area contributed by atoms with Crippen molar-refractivity contribution in [3.63, 3.8) is 0 Å². The van der Waals surface area contributed by atoms with E-state index in [0.29, 0.717) is 12.5 Å². The van der Waals surface area contributed by atoms with Gasteiger partial charge in [0.1, 0.15) is 6.10 Å². The van der Waals surface area contributed by atoms with E-state index in [4.69, 9.17) is 9.84 Å². The minimum atomic E-state index is -0.478. The zero-order valence-electron chi connectivity index (χ0n) is 6.16. The minimum Gasteiger partial charge on any atom is -0.394 e. The lowest BCUT2D eigenvalue weighted by molar-refractivity contribution is -0.113. The third kappa shape index (κ3) is 1.68. The maximum Gasteiger partial charge on any atom is 0.106 e. The third-order valence-corrected chi connectivity index (χ3v) is 1.85. The molecule has 1 rings (SSSR count). The van der Waals surface area contributed by atoms with Crippen LogP contribution in [0.15, 0.2) is 0 Å². The van der Waals surface area contributed by atoms with Crippen molar-refractivity contribution in [1.82, 2.24) is 0 Å². The van der Waals surface area contributed by atoms with Gasteiger partial charge in [0.15, 0.2) is 0 Å². The molecule has 0 radical (unpaired) electrons. The number of aliphatic hydroxyl groups excluding tert-OH is 2. The van der Waals surface area contributed by atoms with Crippen molar-refractivity contribution in [1.29, 1.82) is 0 Å². The van der Waals surface area contributed by atoms with Crippen LogP contribution >= 0.6 is 0 Å². The quantitative estimate of drug-likeness (QED) is 0.537. The van der Waals surface area contributed by atoms with Gasteiger partial charge in [-0.1, -0.05) is 6.92 Å². The zero-order chi connectivity index (χ0) is 7.56. The number of aliphatic hydroxyl groups is 2. The number of ether oxygens (including phenoxy) is 1. The molecule has 0 saturated carbocycles. The van der Waals surface area contributed by atoms with Crippen molar-refractivity contribution in [2.45, 2.75) is 25.6 Å². The van der Waals surface area contributed by atoms with Crippen molar-refractivity contribution < 1.29 is 14.9 Å². The van der Waals surface area contributed by atoms with Crippen molar-refractivity contribution in [2.75, 3.05) is 13.2 Å². The van der Waals surface area contributed by atoms with Crippen LogP contribution in [0.1, 0.15) is 13.3 Å². The van der Waals surface area contributed by atoms with Gasteiger partial charge in [0.25, 0.3) is 0 Å². The molecule has 60 valence electrons. The van der Waals surface area contributed by atoms with Crippen molar-refractivity contribution in [3.05, 3.63) is 0 Å². The van der Waals surface area contributed by atoms with Crippen LogP contribution in [0.25, 0.3) is 0 Å². The van der Waals surface area contributed by atoms with Crippen LogP contribution < -0.4 is 0 Å². The monoisotopic (exact) mass is 146 g/mol. The van der Waals surface area contributed by atoms with E-state index in [-0.39, 0.29) is 12.7 Å². The van der Waals surface area contributed by atoms with E-state index in [1.165, 1.54) is 0 Å². The summed E-state index contributed by atoms with van der Waals surface area (Å²) in [5.41, 5.74) is 0. The van der Waals surface area contributed by atoms with Gasteiger partial charge in [-0.05, 0) is 12.3 Å². The largest absolute Gasteiger partial charge is 0.394 e. The molecule has 0 amide bonds. The lowest BCUT2D eigenvalue weighted by atomic mass is 9.98. The third-order valence-electron chi connectivity index (χ3n) is 1.85. The molecule has 0 spiro atoms. The van der Waals surface area contributed by atoms with E-state index in [2.05, 4.69) is 0 Å². The predicted octanol–water partition coefficient (Wildman–Crippen LogP) is -0.235. The molecule has 1 fully saturated rings. The highest BCUT2D eigenvalue weighted by molar-refractivity contribution is 4.75. The van der Waals surface area contributed by atoms with E-state index in [1.807, 2.05) is 6.92 Å². The first-order chi connectivity index (χ1) is 4.74.